The van der Waals surface area contributed by atoms with Crippen LogP contribution < -0.4 is 11.1 Å². The highest BCUT2D eigenvalue weighted by atomic mass is 32.2. The van der Waals surface area contributed by atoms with Gasteiger partial charge in [0.25, 0.3) is 0 Å². The third-order valence-corrected chi connectivity index (χ3v) is 3.09. The number of unbranched alkanes of at least 4 members (excludes halogenated alkanes) is 2. The molecule has 0 amide bonds. The zero-order chi connectivity index (χ0) is 11.8. The number of halogens is 1. The van der Waals surface area contributed by atoms with Crippen LogP contribution in [0, 0.1) is 5.82 Å². The van der Waals surface area contributed by atoms with Crippen LogP contribution in [0.3, 0.4) is 0 Å². The Hall–Kier alpha value is -0.900. The molecule has 0 aromatic heterocycles. The molecule has 0 radical (unpaired) electrons. The van der Waals surface area contributed by atoms with Gasteiger partial charge in [-0.25, -0.2) is 4.39 Å². The van der Waals surface area contributed by atoms with Gasteiger partial charge in [-0.1, -0.05) is 12.5 Å². The number of anilines is 2. The van der Waals surface area contributed by atoms with Crippen LogP contribution in [0.2, 0.25) is 0 Å². The van der Waals surface area contributed by atoms with E-state index < -0.39 is 0 Å². The molecule has 1 aromatic rings. The second-order valence-corrected chi connectivity index (χ2v) is 4.67. The van der Waals surface area contributed by atoms with E-state index in [0.717, 1.165) is 13.0 Å². The third kappa shape index (κ3) is 4.31. The molecular formula is C12H19FN2S. The summed E-state index contributed by atoms with van der Waals surface area (Å²) in [6.07, 6.45) is 5.65. The van der Waals surface area contributed by atoms with Crippen LogP contribution in [0.4, 0.5) is 15.8 Å². The molecule has 0 atom stereocenters. The molecule has 0 spiro atoms. The lowest BCUT2D eigenvalue weighted by molar-refractivity contribution is 0.632. The maximum Gasteiger partial charge on any atom is 0.148 e. The second-order valence-electron chi connectivity index (χ2n) is 3.68. The zero-order valence-corrected chi connectivity index (χ0v) is 10.4. The van der Waals surface area contributed by atoms with Gasteiger partial charge < -0.3 is 11.1 Å². The highest BCUT2D eigenvalue weighted by Crippen LogP contribution is 2.20. The molecule has 0 saturated carbocycles. The van der Waals surface area contributed by atoms with Gasteiger partial charge in [0.2, 0.25) is 0 Å². The summed E-state index contributed by atoms with van der Waals surface area (Å²) in [5.74, 6) is 0.856. The largest absolute Gasteiger partial charge is 0.395 e. The summed E-state index contributed by atoms with van der Waals surface area (Å²) in [6, 6.07) is 4.85. The van der Waals surface area contributed by atoms with E-state index in [4.69, 9.17) is 5.73 Å². The van der Waals surface area contributed by atoms with Gasteiger partial charge in [-0.05, 0) is 37.0 Å². The first kappa shape index (κ1) is 13.2. The first-order valence-electron chi connectivity index (χ1n) is 5.52. The predicted octanol–water partition coefficient (Wildman–Crippen LogP) is 3.35. The Morgan fingerprint density at radius 3 is 2.88 bits per heavy atom. The molecule has 0 saturated heterocycles. The molecule has 0 fully saturated rings. The number of para-hydroxylation sites is 1. The lowest BCUT2D eigenvalue weighted by Crippen LogP contribution is -2.05. The second kappa shape index (κ2) is 7.39. The minimum atomic E-state index is -0.354. The van der Waals surface area contributed by atoms with Crippen LogP contribution >= 0.6 is 11.8 Å². The molecule has 1 rings (SSSR count). The van der Waals surface area contributed by atoms with Gasteiger partial charge in [0, 0.05) is 6.54 Å². The number of thioether (sulfide) groups is 1. The van der Waals surface area contributed by atoms with Gasteiger partial charge in [-0.15, -0.1) is 0 Å². The molecule has 0 bridgehead atoms. The maximum atomic E-state index is 13.1. The van der Waals surface area contributed by atoms with Gasteiger partial charge in [0.1, 0.15) is 5.82 Å². The van der Waals surface area contributed by atoms with Crippen LogP contribution in [-0.4, -0.2) is 18.6 Å². The molecule has 1 aromatic carbocycles. The molecule has 4 heteroatoms. The van der Waals surface area contributed by atoms with Gasteiger partial charge in [-0.2, -0.15) is 11.8 Å². The molecule has 0 aliphatic carbocycles. The Balaban J connectivity index is 2.24. The van der Waals surface area contributed by atoms with Gasteiger partial charge in [0.15, 0.2) is 0 Å². The third-order valence-electron chi connectivity index (χ3n) is 2.39. The molecule has 2 nitrogen and oxygen atoms in total. The van der Waals surface area contributed by atoms with Crippen molar-refractivity contribution in [2.75, 3.05) is 29.6 Å². The minimum Gasteiger partial charge on any atom is -0.395 e. The van der Waals surface area contributed by atoms with Gasteiger partial charge in [0.05, 0.1) is 11.4 Å². The van der Waals surface area contributed by atoms with Gasteiger partial charge in [-0.3, -0.25) is 0 Å². The van der Waals surface area contributed by atoms with E-state index in [1.54, 1.807) is 12.1 Å². The molecule has 0 aliphatic heterocycles. The Bertz CT molecular complexity index is 318. The molecule has 16 heavy (non-hydrogen) atoms. The first-order valence-corrected chi connectivity index (χ1v) is 6.92. The predicted molar refractivity (Wildman–Crippen MR) is 71.5 cm³/mol. The number of benzene rings is 1. The highest BCUT2D eigenvalue weighted by Gasteiger charge is 2.02. The van der Waals surface area contributed by atoms with Crippen molar-refractivity contribution in [2.24, 2.45) is 0 Å². The molecule has 3 N–H and O–H groups in total. The fraction of sp³-hybridized carbons (Fsp3) is 0.500. The quantitative estimate of drug-likeness (QED) is 0.569. The van der Waals surface area contributed by atoms with E-state index in [1.165, 1.54) is 24.7 Å². The summed E-state index contributed by atoms with van der Waals surface area (Å²) in [6.45, 7) is 0.849. The van der Waals surface area contributed by atoms with Crippen LogP contribution in [0.1, 0.15) is 19.3 Å². The van der Waals surface area contributed by atoms with Crippen molar-refractivity contribution in [1.29, 1.82) is 0 Å². The van der Waals surface area contributed by atoms with E-state index in [2.05, 4.69) is 11.6 Å². The summed E-state index contributed by atoms with van der Waals surface area (Å²) in [7, 11) is 0. The molecule has 0 aliphatic rings. The van der Waals surface area contributed by atoms with E-state index in [9.17, 15) is 4.39 Å². The average Bonchev–Trinajstić information content (AvgIpc) is 2.29. The maximum absolute atomic E-state index is 13.1. The van der Waals surface area contributed by atoms with E-state index in [0.29, 0.717) is 5.69 Å². The lowest BCUT2D eigenvalue weighted by Gasteiger charge is -2.09. The SMILES string of the molecule is CSCCCCCNc1cccc(F)c1N. The highest BCUT2D eigenvalue weighted by molar-refractivity contribution is 7.98. The summed E-state index contributed by atoms with van der Waals surface area (Å²) < 4.78 is 13.1. The first-order chi connectivity index (χ1) is 7.75. The molecule has 0 unspecified atom stereocenters. The number of hydrogen-bond acceptors (Lipinski definition) is 3. The Kier molecular flexibility index (Phi) is 6.08. The van der Waals surface area contributed by atoms with Crippen molar-refractivity contribution < 1.29 is 4.39 Å². The van der Waals surface area contributed by atoms with Crippen LogP contribution in [0.5, 0.6) is 0 Å². The number of nitrogens with one attached hydrogen (secondary N) is 1. The van der Waals surface area contributed by atoms with E-state index >= 15 is 0 Å². The summed E-state index contributed by atoms with van der Waals surface area (Å²) >= 11 is 1.87. The number of nitrogens with two attached hydrogens (primary N) is 1. The van der Waals surface area contributed by atoms with E-state index in [1.807, 2.05) is 11.8 Å². The Labute approximate surface area is 101 Å². The van der Waals surface area contributed by atoms with Crippen LogP contribution in [0.15, 0.2) is 18.2 Å². The summed E-state index contributed by atoms with van der Waals surface area (Å²) in [4.78, 5) is 0. The monoisotopic (exact) mass is 242 g/mol. The van der Waals surface area contributed by atoms with Crippen molar-refractivity contribution in [3.05, 3.63) is 24.0 Å². The smallest absolute Gasteiger partial charge is 0.148 e. The topological polar surface area (TPSA) is 38.0 Å². The average molecular weight is 242 g/mol. The lowest BCUT2D eigenvalue weighted by atomic mass is 10.2. The fourth-order valence-corrected chi connectivity index (χ4v) is 1.96. The van der Waals surface area contributed by atoms with Crippen molar-refractivity contribution >= 4 is 23.1 Å². The Morgan fingerprint density at radius 2 is 2.12 bits per heavy atom. The van der Waals surface area contributed by atoms with Gasteiger partial charge >= 0.3 is 0 Å². The minimum absolute atomic E-state index is 0.214. The Morgan fingerprint density at radius 1 is 1.31 bits per heavy atom. The fourth-order valence-electron chi connectivity index (χ4n) is 1.46. The number of rotatable bonds is 7. The summed E-state index contributed by atoms with van der Waals surface area (Å²) in [5.41, 5.74) is 6.52. The van der Waals surface area contributed by atoms with Crippen LogP contribution in [-0.2, 0) is 0 Å². The van der Waals surface area contributed by atoms with Crippen molar-refractivity contribution in [1.82, 2.24) is 0 Å². The molecular weight excluding hydrogens is 223 g/mol. The zero-order valence-electron chi connectivity index (χ0n) is 9.63. The normalized spacial score (nSPS) is 10.4. The number of nitrogen functional groups attached to an aromatic ring is 1. The standard InChI is InChI=1S/C12H19FN2S/c1-16-9-4-2-3-8-15-11-7-5-6-10(13)12(11)14/h5-7,15H,2-4,8-9,14H2,1H3. The van der Waals surface area contributed by atoms with E-state index in [-0.39, 0.29) is 11.5 Å². The number of hydrogen-bond donors (Lipinski definition) is 2. The summed E-state index contributed by atoms with van der Waals surface area (Å²) in [5, 5.41) is 3.16. The molecule has 0 heterocycles. The van der Waals surface area contributed by atoms with Crippen molar-refractivity contribution in [3.8, 4) is 0 Å². The molecule has 90 valence electrons. The van der Waals surface area contributed by atoms with Crippen molar-refractivity contribution in [2.45, 2.75) is 19.3 Å². The van der Waals surface area contributed by atoms with Crippen molar-refractivity contribution in [3.63, 3.8) is 0 Å². The van der Waals surface area contributed by atoms with Crippen LogP contribution in [0.25, 0.3) is 0 Å².